The summed E-state index contributed by atoms with van der Waals surface area (Å²) in [6.45, 7) is 0.133. The summed E-state index contributed by atoms with van der Waals surface area (Å²) in [7, 11) is 1.59. The van der Waals surface area contributed by atoms with Gasteiger partial charge < -0.3 is 20.5 Å². The zero-order valence-corrected chi connectivity index (χ0v) is 18.9. The summed E-state index contributed by atoms with van der Waals surface area (Å²) in [4.78, 5) is 16.8. The molecule has 0 radical (unpaired) electrons. The molecule has 1 amide bonds. The Labute approximate surface area is 197 Å². The molecule has 0 atom stereocenters. The molecule has 2 aromatic carbocycles. The van der Waals surface area contributed by atoms with E-state index in [1.165, 1.54) is 0 Å². The Morgan fingerprint density at radius 1 is 1.18 bits per heavy atom. The van der Waals surface area contributed by atoms with Crippen LogP contribution in [0.15, 0.2) is 89.2 Å². The number of amides is 1. The molecule has 4 rings (SSSR count). The number of aliphatic imine (C=N–C) groups is 1. The molecule has 0 fully saturated rings. The lowest BCUT2D eigenvalue weighted by Crippen LogP contribution is -2.26. The Bertz CT molecular complexity index is 1210. The van der Waals surface area contributed by atoms with Crippen LogP contribution in [0, 0.1) is 0 Å². The minimum atomic E-state index is -0.219. The van der Waals surface area contributed by atoms with Crippen LogP contribution in [0.1, 0.15) is 22.3 Å². The Balaban J connectivity index is 1.54. The highest BCUT2D eigenvalue weighted by Gasteiger charge is 2.23. The van der Waals surface area contributed by atoms with Gasteiger partial charge in [0.15, 0.2) is 0 Å². The number of halogens is 1. The zero-order chi connectivity index (χ0) is 23.2. The molecule has 1 heterocycles. The van der Waals surface area contributed by atoms with Crippen LogP contribution in [0.4, 0.5) is 5.69 Å². The van der Waals surface area contributed by atoms with Crippen molar-refractivity contribution in [3.8, 4) is 5.75 Å². The number of hydrogen-bond acceptors (Lipinski definition) is 5. The minimum Gasteiger partial charge on any atom is -0.495 e. The van der Waals surface area contributed by atoms with Gasteiger partial charge in [0, 0.05) is 35.1 Å². The second-order valence-electron chi connectivity index (χ2n) is 7.41. The van der Waals surface area contributed by atoms with Crippen molar-refractivity contribution in [2.45, 2.75) is 6.42 Å². The lowest BCUT2D eigenvalue weighted by Gasteiger charge is -2.16. The van der Waals surface area contributed by atoms with Gasteiger partial charge in [-0.2, -0.15) is 0 Å². The van der Waals surface area contributed by atoms with E-state index in [0.717, 1.165) is 40.2 Å². The van der Waals surface area contributed by atoms with Crippen LogP contribution in [0.3, 0.4) is 0 Å². The number of nitrogens with one attached hydrogen (secondary N) is 2. The van der Waals surface area contributed by atoms with Gasteiger partial charge in [-0.25, -0.2) is 0 Å². The van der Waals surface area contributed by atoms with Gasteiger partial charge in [0.25, 0.3) is 5.91 Å². The fourth-order valence-corrected chi connectivity index (χ4v) is 3.87. The summed E-state index contributed by atoms with van der Waals surface area (Å²) in [6.07, 6.45) is 10.9. The second-order valence-corrected chi connectivity index (χ2v) is 7.82. The van der Waals surface area contributed by atoms with Crippen molar-refractivity contribution in [3.05, 3.63) is 100 Å². The van der Waals surface area contributed by atoms with E-state index in [1.807, 2.05) is 42.6 Å². The molecule has 3 N–H and O–H groups in total. The van der Waals surface area contributed by atoms with Crippen LogP contribution in [0.2, 0.25) is 5.02 Å². The molecule has 1 aliphatic carbocycles. The van der Waals surface area contributed by atoms with Gasteiger partial charge in [-0.15, -0.1) is 0 Å². The van der Waals surface area contributed by atoms with Crippen LogP contribution in [0.5, 0.6) is 5.75 Å². The summed E-state index contributed by atoms with van der Waals surface area (Å²) in [5.74, 6) is 0.408. The second kappa shape index (κ2) is 10.3. The number of anilines is 1. The van der Waals surface area contributed by atoms with Crippen LogP contribution in [-0.2, 0) is 0 Å². The van der Waals surface area contributed by atoms with Gasteiger partial charge in [-0.3, -0.25) is 9.79 Å². The monoisotopic (exact) mass is 461 g/mol. The quantitative estimate of drug-likeness (QED) is 0.555. The molecule has 0 saturated heterocycles. The maximum atomic E-state index is 12.1. The molecule has 0 aromatic heterocycles. The Morgan fingerprint density at radius 3 is 2.73 bits per heavy atom. The fourth-order valence-electron chi connectivity index (χ4n) is 3.61. The summed E-state index contributed by atoms with van der Waals surface area (Å²) < 4.78 is 5.27. The highest BCUT2D eigenvalue weighted by atomic mass is 35.5. The Morgan fingerprint density at radius 2 is 2.00 bits per heavy atom. The summed E-state index contributed by atoms with van der Waals surface area (Å²) in [6, 6.07) is 12.9. The predicted octanol–water partition coefficient (Wildman–Crippen LogP) is 4.75. The van der Waals surface area contributed by atoms with Gasteiger partial charge in [-0.1, -0.05) is 42.0 Å². The van der Waals surface area contributed by atoms with Gasteiger partial charge in [0.1, 0.15) is 5.75 Å². The van der Waals surface area contributed by atoms with Crippen LogP contribution < -0.4 is 15.4 Å². The molecule has 0 unspecified atom stereocenters. The molecule has 1 aliphatic heterocycles. The first-order valence-corrected chi connectivity index (χ1v) is 10.9. The SMILES string of the molecule is COc1ccc(C2=CN=C3/C(Nc4ccc(C(=O)NCCO)cc4)=C/C/C=C\C=C\23)cc1Cl. The number of ether oxygens (including phenoxy) is 1. The molecule has 33 heavy (non-hydrogen) atoms. The number of aliphatic hydroxyl groups is 1. The molecule has 6 nitrogen and oxygen atoms in total. The number of fused-ring (bicyclic) bond motifs is 1. The molecular weight excluding hydrogens is 438 g/mol. The van der Waals surface area contributed by atoms with Crippen molar-refractivity contribution in [1.29, 1.82) is 0 Å². The number of rotatable bonds is 7. The van der Waals surface area contributed by atoms with E-state index in [0.29, 0.717) is 16.3 Å². The maximum Gasteiger partial charge on any atom is 0.251 e. The first-order valence-electron chi connectivity index (χ1n) is 10.6. The summed E-state index contributed by atoms with van der Waals surface area (Å²) in [5.41, 5.74) is 6.02. The molecular formula is C26H24ClN3O3. The topological polar surface area (TPSA) is 83.0 Å². The highest BCUT2D eigenvalue weighted by Crippen LogP contribution is 2.36. The average Bonchev–Trinajstić information content (AvgIpc) is 3.23. The highest BCUT2D eigenvalue weighted by molar-refractivity contribution is 6.32. The third kappa shape index (κ3) is 5.08. The van der Waals surface area contributed by atoms with Gasteiger partial charge in [0.05, 0.1) is 30.1 Å². The Hall–Kier alpha value is -3.61. The Kier molecular flexibility index (Phi) is 7.07. The van der Waals surface area contributed by atoms with E-state index >= 15 is 0 Å². The van der Waals surface area contributed by atoms with Gasteiger partial charge in [-0.05, 0) is 48.4 Å². The number of benzene rings is 2. The van der Waals surface area contributed by atoms with Crippen LogP contribution >= 0.6 is 11.6 Å². The molecule has 0 saturated carbocycles. The van der Waals surface area contributed by atoms with Crippen molar-refractivity contribution in [2.24, 2.45) is 4.99 Å². The molecule has 0 spiro atoms. The molecule has 2 aliphatic rings. The van der Waals surface area contributed by atoms with Gasteiger partial charge in [0.2, 0.25) is 0 Å². The standard InChI is InChI=1S/C26H24ClN3O3/c1-33-24-12-9-18(15-22(24)27)21-16-29-25-20(21)5-3-2-4-6-23(25)30-19-10-7-17(8-11-19)26(32)28-13-14-31/h2-3,5-12,15-16,30-31H,4,13-14H2,1H3,(H,28,32)/b3-2-,20-5-,23-6-. The third-order valence-corrected chi connectivity index (χ3v) is 5.56. The number of carbonyl (C=O) groups excluding carboxylic acids is 1. The van der Waals surface area contributed by atoms with E-state index < -0.39 is 0 Å². The van der Waals surface area contributed by atoms with Crippen LogP contribution in [0.25, 0.3) is 5.57 Å². The zero-order valence-electron chi connectivity index (χ0n) is 18.1. The maximum absolute atomic E-state index is 12.1. The molecule has 7 heteroatoms. The number of hydrogen-bond donors (Lipinski definition) is 3. The average molecular weight is 462 g/mol. The largest absolute Gasteiger partial charge is 0.495 e. The lowest BCUT2D eigenvalue weighted by molar-refractivity contribution is 0.0945. The molecule has 0 bridgehead atoms. The molecule has 168 valence electrons. The predicted molar refractivity (Wildman–Crippen MR) is 133 cm³/mol. The lowest BCUT2D eigenvalue weighted by atomic mass is 9.93. The van der Waals surface area contributed by atoms with Crippen molar-refractivity contribution in [2.75, 3.05) is 25.6 Å². The summed E-state index contributed by atoms with van der Waals surface area (Å²) in [5, 5.41) is 15.5. The first-order chi connectivity index (χ1) is 16.1. The number of carbonyl (C=O) groups is 1. The van der Waals surface area contributed by atoms with Crippen LogP contribution in [-0.4, -0.2) is 37.0 Å². The smallest absolute Gasteiger partial charge is 0.251 e. The van der Waals surface area contributed by atoms with E-state index in [9.17, 15) is 4.79 Å². The number of methoxy groups -OCH3 is 1. The normalized spacial score (nSPS) is 18.9. The van der Waals surface area contributed by atoms with E-state index in [4.69, 9.17) is 26.4 Å². The van der Waals surface area contributed by atoms with Crippen molar-refractivity contribution >= 4 is 34.5 Å². The van der Waals surface area contributed by atoms with Gasteiger partial charge >= 0.3 is 0 Å². The molecule has 2 aromatic rings. The van der Waals surface area contributed by atoms with Crippen molar-refractivity contribution in [1.82, 2.24) is 5.32 Å². The third-order valence-electron chi connectivity index (χ3n) is 5.27. The van der Waals surface area contributed by atoms with E-state index in [2.05, 4.69) is 28.9 Å². The van der Waals surface area contributed by atoms with E-state index in [1.54, 1.807) is 19.2 Å². The number of nitrogens with zero attached hydrogens (tertiary/aromatic N) is 1. The number of allylic oxidation sites excluding steroid dienone is 6. The number of aliphatic hydroxyl groups excluding tert-OH is 1. The summed E-state index contributed by atoms with van der Waals surface area (Å²) >= 11 is 6.35. The van der Waals surface area contributed by atoms with Crippen molar-refractivity contribution < 1.29 is 14.6 Å². The fraction of sp³-hybridized carbons (Fsp3) is 0.154. The van der Waals surface area contributed by atoms with E-state index in [-0.39, 0.29) is 19.1 Å². The van der Waals surface area contributed by atoms with Crippen molar-refractivity contribution in [3.63, 3.8) is 0 Å². The first kappa shape index (κ1) is 22.6. The minimum absolute atomic E-state index is 0.0926.